The third-order valence-corrected chi connectivity index (χ3v) is 6.53. The molecule has 0 radical (unpaired) electrons. The van der Waals surface area contributed by atoms with Gasteiger partial charge in [0.1, 0.15) is 6.04 Å². The van der Waals surface area contributed by atoms with E-state index in [1.807, 2.05) is 27.9 Å². The molecule has 0 bridgehead atoms. The number of amides is 1. The number of carbonyl (C=O) groups is 1. The van der Waals surface area contributed by atoms with Gasteiger partial charge in [-0.05, 0) is 59.3 Å². The Kier molecular flexibility index (Phi) is 26.9. The van der Waals surface area contributed by atoms with Crippen molar-refractivity contribution in [2.75, 3.05) is 128 Å². The Labute approximate surface area is 276 Å². The maximum Gasteiger partial charge on any atom is 0.262 e. The van der Waals surface area contributed by atoms with Crippen molar-refractivity contribution < 1.29 is 33.2 Å². The highest BCUT2D eigenvalue weighted by Crippen LogP contribution is 1.95. The number of ether oxygens (including phenoxy) is 6. The summed E-state index contributed by atoms with van der Waals surface area (Å²) in [6.45, 7) is 14.6. The molecule has 0 aliphatic rings. The lowest BCUT2D eigenvalue weighted by atomic mass is 10.3. The molecule has 0 rings (SSSR count). The van der Waals surface area contributed by atoms with E-state index in [9.17, 15) is 4.79 Å². The van der Waals surface area contributed by atoms with Crippen LogP contribution in [0.25, 0.3) is 0 Å². The van der Waals surface area contributed by atoms with E-state index < -0.39 is 6.04 Å². The number of rotatable bonds is 26. The van der Waals surface area contributed by atoms with Gasteiger partial charge < -0.3 is 54.2 Å². The van der Waals surface area contributed by atoms with E-state index in [1.165, 1.54) is 5.01 Å². The summed E-state index contributed by atoms with van der Waals surface area (Å²) in [6.07, 6.45) is 0. The van der Waals surface area contributed by atoms with Gasteiger partial charge in [0, 0.05) is 59.5 Å². The van der Waals surface area contributed by atoms with Gasteiger partial charge >= 0.3 is 0 Å². The summed E-state index contributed by atoms with van der Waals surface area (Å²) in [6, 6.07) is -0.438. The number of thiocarbonyl (C=S) groups is 2. The third kappa shape index (κ3) is 24.8. The van der Waals surface area contributed by atoms with Gasteiger partial charge in [0.05, 0.1) is 66.1 Å². The van der Waals surface area contributed by atoms with E-state index >= 15 is 0 Å². The highest BCUT2D eigenvalue weighted by atomic mass is 32.1. The molecule has 0 aliphatic carbocycles. The molecule has 0 aromatic rings. The molecule has 0 fully saturated rings. The molecule has 0 spiro atoms. The Bertz CT molecular complexity index is 703. The Hall–Kier alpha value is -1.47. The molecule has 0 aromatic carbocycles. The zero-order valence-corrected chi connectivity index (χ0v) is 29.8. The van der Waals surface area contributed by atoms with Crippen molar-refractivity contribution in [3.63, 3.8) is 0 Å². The highest BCUT2D eigenvalue weighted by molar-refractivity contribution is 7.80. The summed E-state index contributed by atoms with van der Waals surface area (Å²) in [4.78, 5) is 17.2. The molecule has 4 N–H and O–H groups in total. The Balaban J connectivity index is 4.15. The molecule has 0 aliphatic heterocycles. The van der Waals surface area contributed by atoms with E-state index in [0.717, 1.165) is 26.2 Å². The van der Waals surface area contributed by atoms with Gasteiger partial charge in [-0.3, -0.25) is 15.2 Å². The molecule has 14 nitrogen and oxygen atoms in total. The minimum absolute atomic E-state index is 0.0551. The lowest BCUT2D eigenvalue weighted by molar-refractivity contribution is -0.133. The Morgan fingerprint density at radius 1 is 0.614 bits per heavy atom. The SMILES string of the molecule is COCCOCCOCCN(C)C[C@@H](C)NC(=S)NN(C)C(=O)[C@H](C)NC(=S)N[C@@H](C)CN(C)CCOCCOCCOC. The summed E-state index contributed by atoms with van der Waals surface area (Å²) < 4.78 is 31.8. The summed E-state index contributed by atoms with van der Waals surface area (Å²) in [5.74, 6) is -0.209. The normalized spacial score (nSPS) is 13.4. The standard InChI is InChI=1S/C28H59N7O7S2/c1-23(21-33(4)9-11-39-17-19-41-15-13-37-7)29-27(43)31-25(3)26(36)35(6)32-28(44)30-24(2)22-34(5)10-12-40-18-20-42-16-14-38-8/h23-25H,9-22H2,1-8H3,(H2,29,31,43)(H2,30,32,44)/t23-,24+,25-/m0/s1. The quantitative estimate of drug-likeness (QED) is 0.0545. The predicted octanol–water partition coefficient (Wildman–Crippen LogP) is -0.324. The maximum atomic E-state index is 12.9. The average molecular weight is 670 g/mol. The van der Waals surface area contributed by atoms with Gasteiger partial charge in [-0.25, -0.2) is 0 Å². The molecule has 0 heterocycles. The fourth-order valence-corrected chi connectivity index (χ4v) is 4.57. The van der Waals surface area contributed by atoms with Crippen LogP contribution in [0.3, 0.4) is 0 Å². The Morgan fingerprint density at radius 2 is 1.00 bits per heavy atom. The van der Waals surface area contributed by atoms with Crippen molar-refractivity contribution >= 4 is 40.6 Å². The molecule has 260 valence electrons. The number of hydrogen-bond acceptors (Lipinski definition) is 11. The van der Waals surface area contributed by atoms with E-state index in [2.05, 4.69) is 31.2 Å². The van der Waals surface area contributed by atoms with Gasteiger partial charge in [0.2, 0.25) is 0 Å². The highest BCUT2D eigenvalue weighted by Gasteiger charge is 2.20. The third-order valence-electron chi connectivity index (χ3n) is 6.09. The van der Waals surface area contributed by atoms with Crippen LogP contribution in [0.2, 0.25) is 0 Å². The lowest BCUT2D eigenvalue weighted by Crippen LogP contribution is -2.57. The summed E-state index contributed by atoms with van der Waals surface area (Å²) in [5, 5.41) is 11.6. The first kappa shape index (κ1) is 42.5. The lowest BCUT2D eigenvalue weighted by Gasteiger charge is -2.28. The van der Waals surface area contributed by atoms with Crippen LogP contribution >= 0.6 is 24.4 Å². The molecule has 1 amide bonds. The van der Waals surface area contributed by atoms with Crippen LogP contribution in [0, 0.1) is 0 Å². The van der Waals surface area contributed by atoms with Crippen molar-refractivity contribution in [3.05, 3.63) is 0 Å². The Morgan fingerprint density at radius 3 is 1.43 bits per heavy atom. The molecule has 44 heavy (non-hydrogen) atoms. The van der Waals surface area contributed by atoms with Crippen molar-refractivity contribution in [3.8, 4) is 0 Å². The van der Waals surface area contributed by atoms with Crippen molar-refractivity contribution in [2.24, 2.45) is 0 Å². The van der Waals surface area contributed by atoms with Gasteiger partial charge in [-0.1, -0.05) is 0 Å². The number of likely N-dealkylation sites (N-methyl/N-ethyl adjacent to an activating group) is 3. The number of carbonyl (C=O) groups excluding carboxylic acids is 1. The van der Waals surface area contributed by atoms with Crippen LogP contribution in [-0.4, -0.2) is 177 Å². The second kappa shape index (κ2) is 27.8. The first-order valence-electron chi connectivity index (χ1n) is 15.1. The fourth-order valence-electron chi connectivity index (χ4n) is 3.86. The second-order valence-corrected chi connectivity index (χ2v) is 11.4. The van der Waals surface area contributed by atoms with Gasteiger partial charge in [0.15, 0.2) is 10.2 Å². The topological polar surface area (TPSA) is 130 Å². The van der Waals surface area contributed by atoms with Crippen LogP contribution in [0.15, 0.2) is 0 Å². The average Bonchev–Trinajstić information content (AvgIpc) is 2.94. The van der Waals surface area contributed by atoms with Crippen LogP contribution in [0.4, 0.5) is 0 Å². The second-order valence-electron chi connectivity index (χ2n) is 10.6. The minimum atomic E-state index is -0.561. The monoisotopic (exact) mass is 669 g/mol. The number of methoxy groups -OCH3 is 2. The van der Waals surface area contributed by atoms with E-state index in [-0.39, 0.29) is 18.0 Å². The van der Waals surface area contributed by atoms with Crippen LogP contribution in [-0.2, 0) is 33.2 Å². The van der Waals surface area contributed by atoms with Gasteiger partial charge in [-0.2, -0.15) is 0 Å². The molecule has 0 unspecified atom stereocenters. The number of nitrogens with one attached hydrogen (secondary N) is 4. The van der Waals surface area contributed by atoms with Crippen LogP contribution < -0.4 is 21.4 Å². The molecule has 0 saturated heterocycles. The van der Waals surface area contributed by atoms with Crippen molar-refractivity contribution in [2.45, 2.75) is 38.9 Å². The first-order valence-corrected chi connectivity index (χ1v) is 15.9. The molecule has 3 atom stereocenters. The summed E-state index contributed by atoms with van der Waals surface area (Å²) in [7, 11) is 8.96. The van der Waals surface area contributed by atoms with Crippen LogP contribution in [0.1, 0.15) is 20.8 Å². The van der Waals surface area contributed by atoms with Crippen molar-refractivity contribution in [1.29, 1.82) is 0 Å². The number of nitrogens with zero attached hydrogens (tertiary/aromatic N) is 3. The van der Waals surface area contributed by atoms with E-state index in [1.54, 1.807) is 28.2 Å². The van der Waals surface area contributed by atoms with Crippen LogP contribution in [0.5, 0.6) is 0 Å². The largest absolute Gasteiger partial charge is 0.382 e. The van der Waals surface area contributed by atoms with Crippen molar-refractivity contribution in [1.82, 2.24) is 36.2 Å². The predicted molar refractivity (Wildman–Crippen MR) is 181 cm³/mol. The number of hydrazine groups is 1. The molecule has 0 saturated carbocycles. The zero-order chi connectivity index (χ0) is 33.2. The molecule has 0 aromatic heterocycles. The van der Waals surface area contributed by atoms with E-state index in [0.29, 0.717) is 76.3 Å². The molecular weight excluding hydrogens is 610 g/mol. The fraction of sp³-hybridized carbons (Fsp3) is 0.893. The smallest absolute Gasteiger partial charge is 0.262 e. The zero-order valence-electron chi connectivity index (χ0n) is 28.1. The maximum absolute atomic E-state index is 12.9. The minimum Gasteiger partial charge on any atom is -0.382 e. The molecular formula is C28H59N7O7S2. The number of hydrogen-bond donors (Lipinski definition) is 4. The van der Waals surface area contributed by atoms with Gasteiger partial charge in [-0.15, -0.1) is 0 Å². The summed E-state index contributed by atoms with van der Waals surface area (Å²) >= 11 is 10.9. The summed E-state index contributed by atoms with van der Waals surface area (Å²) in [5.41, 5.74) is 2.93. The van der Waals surface area contributed by atoms with Gasteiger partial charge in [0.25, 0.3) is 5.91 Å². The molecule has 16 heteroatoms. The first-order chi connectivity index (χ1) is 21.0. The van der Waals surface area contributed by atoms with E-state index in [4.69, 9.17) is 52.9 Å².